The molecule has 1 saturated carbocycles. The van der Waals surface area contributed by atoms with Gasteiger partial charge in [-0.25, -0.2) is 0 Å². The molecule has 1 heterocycles. The van der Waals surface area contributed by atoms with E-state index < -0.39 is 54.0 Å². The van der Waals surface area contributed by atoms with Gasteiger partial charge in [-0.1, -0.05) is 0 Å². The van der Waals surface area contributed by atoms with Gasteiger partial charge in [0.2, 0.25) is 0 Å². The number of ether oxygens (including phenoxy) is 6. The molecule has 2 unspecified atom stereocenters. The number of esters is 6. The van der Waals surface area contributed by atoms with Crippen molar-refractivity contribution >= 4 is 127 Å². The zero-order valence-corrected chi connectivity index (χ0v) is 42.8. The van der Waals surface area contributed by atoms with Crippen LogP contribution < -0.4 is 0 Å². The van der Waals surface area contributed by atoms with Gasteiger partial charge in [-0.05, 0) is 0 Å². The van der Waals surface area contributed by atoms with E-state index in [1.165, 1.54) is 0 Å². The molecule has 0 aromatic carbocycles. The summed E-state index contributed by atoms with van der Waals surface area (Å²) in [5.41, 5.74) is 0. The number of rotatable bonds is 26. The summed E-state index contributed by atoms with van der Waals surface area (Å²) in [6.45, 7) is 6.70. The number of carbonyl (C=O) groups excluding carboxylic acids is 6. The van der Waals surface area contributed by atoms with Gasteiger partial charge in [0.1, 0.15) is 0 Å². The van der Waals surface area contributed by atoms with Crippen LogP contribution >= 0.6 is 7.82 Å². The number of aliphatic hydroxyl groups excluding tert-OH is 4. The first-order valence-corrected chi connectivity index (χ1v) is 26.3. The van der Waals surface area contributed by atoms with Crippen LogP contribution in [0, 0.1) is 0 Å². The molecule has 1 saturated heterocycles. The van der Waals surface area contributed by atoms with E-state index in [4.69, 9.17) is 42.0 Å². The quantitative estimate of drug-likeness (QED) is 0.0237. The molecule has 24 heteroatoms. The van der Waals surface area contributed by atoms with Crippen LogP contribution in [0.4, 0.5) is 0 Å². The summed E-state index contributed by atoms with van der Waals surface area (Å²) in [4.78, 5) is 67.2. The summed E-state index contributed by atoms with van der Waals surface area (Å²) in [7, 11) is -4.40. The van der Waals surface area contributed by atoms with Crippen LogP contribution in [0.15, 0.2) is 0 Å². The molecular formula is C36H60Na3O20P. The Hall–Kier alpha value is -0.230. The molecule has 8 atom stereocenters. The van der Waals surface area contributed by atoms with Crippen molar-refractivity contribution in [3.8, 4) is 0 Å². The Morgan fingerprint density at radius 2 is 0.833 bits per heavy atom. The summed E-state index contributed by atoms with van der Waals surface area (Å²) >= 11 is 1.81. The fourth-order valence-corrected chi connectivity index (χ4v) is 8.44. The number of unbranched alkanes of at least 4 members (excludes halogenated alkanes) is 3. The predicted molar refractivity (Wildman–Crippen MR) is 211 cm³/mol. The molecule has 1 aliphatic carbocycles. The number of hydrogen-bond acceptors (Lipinski definition) is 20. The zero-order valence-electron chi connectivity index (χ0n) is 36.0. The second-order valence-corrected chi connectivity index (χ2v) is 17.2. The van der Waals surface area contributed by atoms with Crippen LogP contribution in [-0.4, -0.2) is 208 Å². The van der Waals surface area contributed by atoms with Gasteiger partial charge in [0.25, 0.3) is 0 Å². The SMILES string of the molecule is CCCCC(=O)OCCCC(=O)O[CH2][Na].CCCCC(=O)OCCCC(=O)O[CH2][Na].CCCCC(=O)OCCCC(=O)O[CH]([Na])OP1(=O)O[C@@H]2[C@@H](O)[C@@H](O1)[C@@H](O)[C@H](O)[C@H]2O. The van der Waals surface area contributed by atoms with Crippen LogP contribution in [0.3, 0.4) is 0 Å². The van der Waals surface area contributed by atoms with Crippen molar-refractivity contribution in [3.63, 3.8) is 0 Å². The average molecular weight is 913 g/mol. The van der Waals surface area contributed by atoms with E-state index in [2.05, 4.69) is 0 Å². The Kier molecular flexibility index (Phi) is 35.9. The van der Waals surface area contributed by atoms with Crippen molar-refractivity contribution in [3.05, 3.63) is 0 Å². The molecule has 0 aromatic heterocycles. The van der Waals surface area contributed by atoms with Crippen molar-refractivity contribution in [2.75, 3.05) is 27.5 Å². The van der Waals surface area contributed by atoms with Crippen molar-refractivity contribution in [2.24, 2.45) is 0 Å². The number of phosphoric ester groups is 1. The van der Waals surface area contributed by atoms with E-state index in [-0.39, 0.29) is 77.2 Å². The van der Waals surface area contributed by atoms with Crippen molar-refractivity contribution in [2.45, 2.75) is 157 Å². The Balaban J connectivity index is 0.000000977. The topological polar surface area (TPSA) is 283 Å². The van der Waals surface area contributed by atoms with Crippen LogP contribution in [0.2, 0.25) is 0 Å². The summed E-state index contributed by atoms with van der Waals surface area (Å²) in [5.74, 6) is -1.76. The van der Waals surface area contributed by atoms with Gasteiger partial charge in [-0.15, -0.1) is 0 Å². The first kappa shape index (κ1) is 59.8. The first-order valence-electron chi connectivity index (χ1n) is 20.8. The number of aliphatic hydroxyl groups is 4. The van der Waals surface area contributed by atoms with Crippen LogP contribution in [0.1, 0.15) is 117 Å². The van der Waals surface area contributed by atoms with E-state index in [9.17, 15) is 53.8 Å². The van der Waals surface area contributed by atoms with Gasteiger partial charge >= 0.3 is 408 Å². The predicted octanol–water partition coefficient (Wildman–Crippen LogP) is 1.20. The van der Waals surface area contributed by atoms with Gasteiger partial charge in [-0.3, -0.25) is 0 Å². The van der Waals surface area contributed by atoms with Crippen molar-refractivity contribution < 1.29 is 95.8 Å². The molecule has 4 N–H and O–H groups in total. The van der Waals surface area contributed by atoms with Crippen LogP contribution in [0.5, 0.6) is 0 Å². The molecule has 2 rings (SSSR count). The van der Waals surface area contributed by atoms with Gasteiger partial charge in [0.15, 0.2) is 0 Å². The molecule has 0 amide bonds. The Morgan fingerprint density at radius 3 is 1.17 bits per heavy atom. The maximum atomic E-state index is 12.7. The molecule has 0 spiro atoms. The molecular weight excluding hydrogens is 852 g/mol. The Bertz CT molecular complexity index is 1240. The van der Waals surface area contributed by atoms with Gasteiger partial charge in [0.05, 0.1) is 0 Å². The normalized spacial score (nSPS) is 23.3. The van der Waals surface area contributed by atoms with E-state index >= 15 is 0 Å². The third kappa shape index (κ3) is 27.8. The molecule has 60 heavy (non-hydrogen) atoms. The van der Waals surface area contributed by atoms with Gasteiger partial charge < -0.3 is 0 Å². The molecule has 1 aliphatic heterocycles. The number of carbonyl (C=O) groups is 6. The van der Waals surface area contributed by atoms with E-state index in [0.717, 1.165) is 94.4 Å². The minimum atomic E-state index is -4.40. The Labute approximate surface area is 404 Å². The van der Waals surface area contributed by atoms with Crippen molar-refractivity contribution in [1.82, 2.24) is 0 Å². The van der Waals surface area contributed by atoms with E-state index in [0.29, 0.717) is 65.9 Å². The molecule has 2 aliphatic rings. The van der Waals surface area contributed by atoms with Crippen LogP contribution in [0.25, 0.3) is 0 Å². The Morgan fingerprint density at radius 1 is 0.517 bits per heavy atom. The van der Waals surface area contributed by atoms with Crippen LogP contribution in [-0.2, 0) is 75.3 Å². The third-order valence-electron chi connectivity index (χ3n) is 8.30. The second kappa shape index (κ2) is 36.0. The summed E-state index contributed by atoms with van der Waals surface area (Å²) in [5, 5.41) is 39.5. The number of fused-ring (bicyclic) bond motifs is 2. The zero-order chi connectivity index (χ0) is 45.5. The molecule has 20 nitrogen and oxygen atoms in total. The fraction of sp³-hybridized carbons (Fsp3) is 0.833. The third-order valence-corrected chi connectivity index (χ3v) is 11.3. The number of hydrogen-bond donors (Lipinski definition) is 4. The summed E-state index contributed by atoms with van der Waals surface area (Å²) < 4.78 is 57.1. The molecule has 2 fully saturated rings. The monoisotopic (exact) mass is 912 g/mol. The summed E-state index contributed by atoms with van der Waals surface area (Å²) in [6, 6.07) is 0. The molecule has 332 valence electrons. The van der Waals surface area contributed by atoms with Gasteiger partial charge in [-0.2, -0.15) is 0 Å². The maximum absolute atomic E-state index is 12.7. The standard InChI is InChI=1S/C16H26O12P.2C10H17O4.3Na/c1-2-3-5-9(17)24-7-4-6-10(18)25-8-26-29(23)27-15-12(20)11(19)13(21)16(28-29)14(15)22;2*1-3-4-6-10(12)14-8-5-7-9(11)13-2;;;/h8,11-16,19-22H,2-7H2,1H3;2*2-8H2,1H3;;;/t11-,12-,13+,14-,15-,16-,29?;;;;;/m0...../s1. The van der Waals surface area contributed by atoms with E-state index in [1.54, 1.807) is 0 Å². The van der Waals surface area contributed by atoms with E-state index in [1.807, 2.05) is 20.8 Å². The second-order valence-electron chi connectivity index (χ2n) is 13.6. The van der Waals surface area contributed by atoms with Gasteiger partial charge in [0, 0.05) is 0 Å². The summed E-state index contributed by atoms with van der Waals surface area (Å²) in [6.07, 6.45) is -1.15. The fourth-order valence-electron chi connectivity index (χ4n) is 5.10. The average Bonchev–Trinajstić information content (AvgIpc) is 3.20. The minimum absolute atomic E-state index is 0.0639. The molecule has 0 radical (unpaired) electrons. The first-order chi connectivity index (χ1) is 28.5. The van der Waals surface area contributed by atoms with Crippen molar-refractivity contribution in [1.29, 1.82) is 0 Å². The number of phosphoric acid groups is 1. The molecule has 0 aromatic rings. The molecule has 2 bridgehead atoms.